The van der Waals surface area contributed by atoms with Crippen molar-refractivity contribution in [2.45, 2.75) is 26.4 Å². The first kappa shape index (κ1) is 12.2. The third-order valence-electron chi connectivity index (χ3n) is 0.626. The summed E-state index contributed by atoms with van der Waals surface area (Å²) in [6.07, 6.45) is 0. The van der Waals surface area contributed by atoms with E-state index in [0.29, 0.717) is 6.61 Å². The molecule has 0 aromatic carbocycles. The SMILES string of the molecule is CC(C)(C)OCCO.[LiH]. The Hall–Kier alpha value is 0.517. The van der Waals surface area contributed by atoms with Gasteiger partial charge in [-0.3, -0.25) is 0 Å². The Morgan fingerprint density at radius 1 is 1.33 bits per heavy atom. The molecule has 0 aliphatic carbocycles. The second-order valence-corrected chi connectivity index (χ2v) is 2.68. The van der Waals surface area contributed by atoms with Crippen LogP contribution in [0.5, 0.6) is 0 Å². The van der Waals surface area contributed by atoms with Crippen LogP contribution in [-0.2, 0) is 4.74 Å². The molecule has 0 fully saturated rings. The van der Waals surface area contributed by atoms with Gasteiger partial charge in [-0.2, -0.15) is 0 Å². The average molecular weight is 126 g/mol. The Balaban J connectivity index is 0. The summed E-state index contributed by atoms with van der Waals surface area (Å²) in [7, 11) is 0. The van der Waals surface area contributed by atoms with E-state index in [9.17, 15) is 0 Å². The van der Waals surface area contributed by atoms with Crippen LogP contribution in [0, 0.1) is 0 Å². The van der Waals surface area contributed by atoms with E-state index in [1.54, 1.807) is 0 Å². The van der Waals surface area contributed by atoms with Crippen molar-refractivity contribution in [1.82, 2.24) is 0 Å². The van der Waals surface area contributed by atoms with Crippen LogP contribution in [0.25, 0.3) is 0 Å². The summed E-state index contributed by atoms with van der Waals surface area (Å²) in [5.41, 5.74) is -0.108. The van der Waals surface area contributed by atoms with E-state index in [2.05, 4.69) is 0 Å². The fraction of sp³-hybridized carbons (Fsp3) is 1.00. The number of rotatable bonds is 2. The summed E-state index contributed by atoms with van der Waals surface area (Å²) < 4.78 is 5.13. The van der Waals surface area contributed by atoms with Crippen molar-refractivity contribution in [2.75, 3.05) is 13.2 Å². The van der Waals surface area contributed by atoms with Crippen LogP contribution in [0.2, 0.25) is 0 Å². The van der Waals surface area contributed by atoms with E-state index < -0.39 is 0 Å². The van der Waals surface area contributed by atoms with Gasteiger partial charge in [0.15, 0.2) is 0 Å². The molecule has 0 aliphatic heterocycles. The first-order valence-corrected chi connectivity index (χ1v) is 2.81. The monoisotopic (exact) mass is 126 g/mol. The molecule has 0 saturated heterocycles. The van der Waals surface area contributed by atoms with Crippen LogP contribution in [0.1, 0.15) is 20.8 Å². The molecule has 0 heterocycles. The van der Waals surface area contributed by atoms with Gasteiger partial charge < -0.3 is 9.84 Å². The summed E-state index contributed by atoms with van der Waals surface area (Å²) in [5.74, 6) is 0. The van der Waals surface area contributed by atoms with Gasteiger partial charge in [-0.25, -0.2) is 0 Å². The Morgan fingerprint density at radius 2 is 1.78 bits per heavy atom. The molecule has 0 atom stereocenters. The molecule has 0 amide bonds. The standard InChI is InChI=1S/C6H14O2.Li.H/c1-6(2,3)8-5-4-7;;/h7H,4-5H2,1-3H3;;. The van der Waals surface area contributed by atoms with Crippen molar-refractivity contribution in [2.24, 2.45) is 0 Å². The third-order valence-corrected chi connectivity index (χ3v) is 0.626. The number of hydrogen-bond donors (Lipinski definition) is 1. The molecule has 0 spiro atoms. The third kappa shape index (κ3) is 11.9. The summed E-state index contributed by atoms with van der Waals surface area (Å²) >= 11 is 0. The van der Waals surface area contributed by atoms with Gasteiger partial charge in [0, 0.05) is 0 Å². The van der Waals surface area contributed by atoms with Gasteiger partial charge in [0.25, 0.3) is 0 Å². The fourth-order valence-electron chi connectivity index (χ4n) is 0.352. The molecule has 0 aromatic rings. The predicted octanol–water partition coefficient (Wildman–Crippen LogP) is 0.145. The summed E-state index contributed by atoms with van der Waals surface area (Å²) in [5, 5.41) is 8.30. The molecule has 0 saturated carbocycles. The zero-order chi connectivity index (χ0) is 6.62. The van der Waals surface area contributed by atoms with Crippen molar-refractivity contribution in [1.29, 1.82) is 0 Å². The van der Waals surface area contributed by atoms with E-state index in [-0.39, 0.29) is 31.1 Å². The fourth-order valence-corrected chi connectivity index (χ4v) is 0.352. The normalized spacial score (nSPS) is 10.7. The van der Waals surface area contributed by atoms with E-state index in [1.165, 1.54) is 0 Å². The Labute approximate surface area is 68.8 Å². The average Bonchev–Trinajstić information content (AvgIpc) is 1.59. The Kier molecular flexibility index (Phi) is 7.21. The maximum absolute atomic E-state index is 8.30. The molecule has 0 rings (SSSR count). The van der Waals surface area contributed by atoms with Crippen LogP contribution in [0.15, 0.2) is 0 Å². The molecule has 0 bridgehead atoms. The molecular weight excluding hydrogens is 111 g/mol. The molecule has 0 unspecified atom stereocenters. The van der Waals surface area contributed by atoms with E-state index in [1.807, 2.05) is 20.8 Å². The van der Waals surface area contributed by atoms with Gasteiger partial charge in [-0.05, 0) is 20.8 Å². The molecule has 0 radical (unpaired) electrons. The number of aliphatic hydroxyl groups excluding tert-OH is 1. The van der Waals surface area contributed by atoms with Gasteiger partial charge in [0.1, 0.15) is 0 Å². The van der Waals surface area contributed by atoms with Crippen molar-refractivity contribution in [3.63, 3.8) is 0 Å². The van der Waals surface area contributed by atoms with E-state index in [4.69, 9.17) is 9.84 Å². The molecule has 1 N–H and O–H groups in total. The van der Waals surface area contributed by atoms with Gasteiger partial charge in [-0.1, -0.05) is 0 Å². The van der Waals surface area contributed by atoms with Gasteiger partial charge in [0.2, 0.25) is 0 Å². The predicted molar refractivity (Wildman–Crippen MR) is 39.9 cm³/mol. The van der Waals surface area contributed by atoms with Crippen LogP contribution >= 0.6 is 0 Å². The molecule has 9 heavy (non-hydrogen) atoms. The van der Waals surface area contributed by atoms with E-state index >= 15 is 0 Å². The van der Waals surface area contributed by atoms with Crippen molar-refractivity contribution >= 4 is 18.9 Å². The Bertz CT molecular complexity index is 58.6. The summed E-state index contributed by atoms with van der Waals surface area (Å²) in [6.45, 7) is 6.43. The van der Waals surface area contributed by atoms with E-state index in [0.717, 1.165) is 0 Å². The van der Waals surface area contributed by atoms with Gasteiger partial charge in [0.05, 0.1) is 18.8 Å². The topological polar surface area (TPSA) is 29.5 Å². The zero-order valence-corrected chi connectivity index (χ0v) is 5.77. The van der Waals surface area contributed by atoms with Gasteiger partial charge in [-0.15, -0.1) is 0 Å². The molecule has 0 aliphatic rings. The van der Waals surface area contributed by atoms with Crippen molar-refractivity contribution < 1.29 is 9.84 Å². The second kappa shape index (κ2) is 5.31. The number of aliphatic hydroxyl groups is 1. The minimum atomic E-state index is -0.108. The summed E-state index contributed by atoms with van der Waals surface area (Å²) in [4.78, 5) is 0. The molecule has 3 heteroatoms. The quantitative estimate of drug-likeness (QED) is 0.533. The van der Waals surface area contributed by atoms with Gasteiger partial charge >= 0.3 is 18.9 Å². The first-order chi connectivity index (χ1) is 3.56. The second-order valence-electron chi connectivity index (χ2n) is 2.68. The summed E-state index contributed by atoms with van der Waals surface area (Å²) in [6, 6.07) is 0. The van der Waals surface area contributed by atoms with Crippen LogP contribution in [0.3, 0.4) is 0 Å². The Morgan fingerprint density at radius 3 is 1.89 bits per heavy atom. The molecule has 2 nitrogen and oxygen atoms in total. The van der Waals surface area contributed by atoms with Crippen LogP contribution < -0.4 is 0 Å². The molecule has 52 valence electrons. The maximum atomic E-state index is 8.30. The first-order valence-electron chi connectivity index (χ1n) is 2.81. The van der Waals surface area contributed by atoms with Crippen LogP contribution in [0.4, 0.5) is 0 Å². The number of hydrogen-bond acceptors (Lipinski definition) is 2. The molecular formula is C6H15LiO2. The minimum absolute atomic E-state index is 0. The van der Waals surface area contributed by atoms with Crippen molar-refractivity contribution in [3.05, 3.63) is 0 Å². The van der Waals surface area contributed by atoms with Crippen LogP contribution in [-0.4, -0.2) is 42.8 Å². The van der Waals surface area contributed by atoms with Crippen molar-refractivity contribution in [3.8, 4) is 0 Å². The zero-order valence-electron chi connectivity index (χ0n) is 5.77. The number of ether oxygens (including phenoxy) is 1. The molecule has 0 aromatic heterocycles.